The number of benzene rings is 2. The van der Waals surface area contributed by atoms with Gasteiger partial charge in [0.1, 0.15) is 11.6 Å². The number of pyridine rings is 1. The second-order valence-corrected chi connectivity index (χ2v) is 5.71. The molecule has 0 unspecified atom stereocenters. The molecule has 0 saturated carbocycles. The summed E-state index contributed by atoms with van der Waals surface area (Å²) in [6.45, 7) is 1.74. The van der Waals surface area contributed by atoms with E-state index in [2.05, 4.69) is 4.98 Å². The van der Waals surface area contributed by atoms with Crippen LogP contribution >= 0.6 is 0 Å². The van der Waals surface area contributed by atoms with E-state index in [0.29, 0.717) is 33.6 Å². The molecule has 0 bridgehead atoms. The third-order valence-electron chi connectivity index (χ3n) is 3.88. The van der Waals surface area contributed by atoms with Crippen LogP contribution in [0.25, 0.3) is 22.3 Å². The Balaban J connectivity index is 2.22. The van der Waals surface area contributed by atoms with Crippen molar-refractivity contribution in [2.75, 3.05) is 0 Å². The fourth-order valence-electron chi connectivity index (χ4n) is 2.79. The summed E-state index contributed by atoms with van der Waals surface area (Å²) in [5, 5.41) is 9.14. The lowest BCUT2D eigenvalue weighted by Gasteiger charge is -2.14. The van der Waals surface area contributed by atoms with Crippen LogP contribution < -0.4 is 0 Å². The number of aliphatic carboxylic acids is 1. The van der Waals surface area contributed by atoms with Crippen molar-refractivity contribution in [1.29, 1.82) is 0 Å². The summed E-state index contributed by atoms with van der Waals surface area (Å²) in [6.07, 6.45) is -0.282. The molecule has 5 heteroatoms. The molecule has 3 rings (SSSR count). The number of nitrogens with zero attached hydrogens (tertiary/aromatic N) is 1. The lowest BCUT2D eigenvalue weighted by atomic mass is 9.95. The molecule has 1 N–H and O–H groups in total. The van der Waals surface area contributed by atoms with Crippen molar-refractivity contribution in [1.82, 2.24) is 4.98 Å². The highest BCUT2D eigenvalue weighted by atomic mass is 19.1. The number of rotatable bonds is 4. The molecule has 0 saturated heterocycles. The van der Waals surface area contributed by atoms with Crippen molar-refractivity contribution in [3.63, 3.8) is 0 Å². The molecule has 1 heterocycles. The Labute approximate surface area is 143 Å². The van der Waals surface area contributed by atoms with Crippen LogP contribution in [0.5, 0.6) is 0 Å². The van der Waals surface area contributed by atoms with Crippen LogP contribution in [0, 0.1) is 18.6 Å². The van der Waals surface area contributed by atoms with E-state index in [0.717, 1.165) is 0 Å². The van der Waals surface area contributed by atoms with Crippen LogP contribution in [-0.4, -0.2) is 16.1 Å². The first-order valence-electron chi connectivity index (χ1n) is 7.68. The van der Waals surface area contributed by atoms with Gasteiger partial charge in [-0.2, -0.15) is 0 Å². The number of hydrogen-bond donors (Lipinski definition) is 1. The highest BCUT2D eigenvalue weighted by Gasteiger charge is 2.15. The molecule has 2 aromatic carbocycles. The summed E-state index contributed by atoms with van der Waals surface area (Å²) in [5.74, 6) is -1.83. The van der Waals surface area contributed by atoms with Gasteiger partial charge in [-0.1, -0.05) is 24.3 Å². The first-order valence-corrected chi connectivity index (χ1v) is 7.68. The highest BCUT2D eigenvalue weighted by molar-refractivity contribution is 5.79. The van der Waals surface area contributed by atoms with Gasteiger partial charge in [0, 0.05) is 16.8 Å². The van der Waals surface area contributed by atoms with Gasteiger partial charge in [-0.05, 0) is 48.4 Å². The molecule has 0 aliphatic carbocycles. The van der Waals surface area contributed by atoms with E-state index in [1.54, 1.807) is 37.3 Å². The van der Waals surface area contributed by atoms with Gasteiger partial charge in [-0.3, -0.25) is 9.78 Å². The number of halogens is 2. The Morgan fingerprint density at radius 2 is 1.52 bits per heavy atom. The van der Waals surface area contributed by atoms with E-state index in [9.17, 15) is 13.6 Å². The van der Waals surface area contributed by atoms with Crippen LogP contribution in [-0.2, 0) is 11.2 Å². The minimum Gasteiger partial charge on any atom is -0.481 e. The standard InChI is InChI=1S/C20H15F2NO2/c1-12-17(13-4-2-6-15(21)8-13)10-18(19(23-12)11-20(24)25)14-5-3-7-16(22)9-14/h2-10H,11H2,1H3,(H,24,25). The van der Waals surface area contributed by atoms with E-state index in [4.69, 9.17) is 5.11 Å². The molecule has 126 valence electrons. The van der Waals surface area contributed by atoms with Crippen LogP contribution in [0.15, 0.2) is 54.6 Å². The molecule has 0 aliphatic heterocycles. The van der Waals surface area contributed by atoms with Gasteiger partial charge in [-0.15, -0.1) is 0 Å². The van der Waals surface area contributed by atoms with E-state index in [-0.39, 0.29) is 12.2 Å². The molecule has 0 aliphatic rings. The van der Waals surface area contributed by atoms with Crippen molar-refractivity contribution in [3.05, 3.63) is 77.6 Å². The number of hydrogen-bond acceptors (Lipinski definition) is 2. The van der Waals surface area contributed by atoms with E-state index in [1.165, 1.54) is 24.3 Å². The fraction of sp³-hybridized carbons (Fsp3) is 0.100. The minimum absolute atomic E-state index is 0.282. The van der Waals surface area contributed by atoms with Gasteiger partial charge < -0.3 is 5.11 Å². The number of aromatic nitrogens is 1. The van der Waals surface area contributed by atoms with Crippen molar-refractivity contribution < 1.29 is 18.7 Å². The average molecular weight is 339 g/mol. The zero-order chi connectivity index (χ0) is 18.0. The summed E-state index contributed by atoms with van der Waals surface area (Å²) >= 11 is 0. The maximum Gasteiger partial charge on any atom is 0.309 e. The Morgan fingerprint density at radius 3 is 2.04 bits per heavy atom. The quantitative estimate of drug-likeness (QED) is 0.754. The van der Waals surface area contributed by atoms with E-state index in [1.807, 2.05) is 0 Å². The second-order valence-electron chi connectivity index (χ2n) is 5.71. The first kappa shape index (κ1) is 16.8. The summed E-state index contributed by atoms with van der Waals surface area (Å²) in [6, 6.07) is 13.7. The molecule has 0 spiro atoms. The molecule has 3 aromatic rings. The van der Waals surface area contributed by atoms with Gasteiger partial charge in [0.25, 0.3) is 0 Å². The van der Waals surface area contributed by atoms with Gasteiger partial charge >= 0.3 is 5.97 Å². The summed E-state index contributed by atoms with van der Waals surface area (Å²) < 4.78 is 27.2. The number of carboxylic acid groups (broad SMARTS) is 1. The van der Waals surface area contributed by atoms with Gasteiger partial charge in [0.15, 0.2) is 0 Å². The third-order valence-corrected chi connectivity index (χ3v) is 3.88. The zero-order valence-corrected chi connectivity index (χ0v) is 13.5. The average Bonchev–Trinajstić information content (AvgIpc) is 2.54. The zero-order valence-electron chi connectivity index (χ0n) is 13.5. The van der Waals surface area contributed by atoms with Gasteiger partial charge in [0.05, 0.1) is 12.1 Å². The molecule has 0 fully saturated rings. The van der Waals surface area contributed by atoms with Gasteiger partial charge in [0.2, 0.25) is 0 Å². The third kappa shape index (κ3) is 3.71. The lowest BCUT2D eigenvalue weighted by molar-refractivity contribution is -0.136. The largest absolute Gasteiger partial charge is 0.481 e. The van der Waals surface area contributed by atoms with Crippen LogP contribution in [0.1, 0.15) is 11.4 Å². The lowest BCUT2D eigenvalue weighted by Crippen LogP contribution is -2.06. The topological polar surface area (TPSA) is 50.2 Å². The Morgan fingerprint density at radius 1 is 0.960 bits per heavy atom. The van der Waals surface area contributed by atoms with E-state index < -0.39 is 11.8 Å². The van der Waals surface area contributed by atoms with E-state index >= 15 is 0 Å². The Bertz CT molecular complexity index is 954. The smallest absolute Gasteiger partial charge is 0.309 e. The normalized spacial score (nSPS) is 10.7. The summed E-state index contributed by atoms with van der Waals surface area (Å²) in [7, 11) is 0. The molecular formula is C20H15F2NO2. The molecule has 25 heavy (non-hydrogen) atoms. The van der Waals surface area contributed by atoms with Crippen molar-refractivity contribution in [2.24, 2.45) is 0 Å². The first-order chi connectivity index (χ1) is 11.9. The number of carbonyl (C=O) groups is 1. The molecule has 3 nitrogen and oxygen atoms in total. The van der Waals surface area contributed by atoms with Crippen molar-refractivity contribution in [2.45, 2.75) is 13.3 Å². The summed E-state index contributed by atoms with van der Waals surface area (Å²) in [4.78, 5) is 15.6. The maximum absolute atomic E-state index is 13.6. The SMILES string of the molecule is Cc1nc(CC(=O)O)c(-c2cccc(F)c2)cc1-c1cccc(F)c1. The highest BCUT2D eigenvalue weighted by Crippen LogP contribution is 2.31. The monoisotopic (exact) mass is 339 g/mol. The molecule has 0 atom stereocenters. The van der Waals surface area contributed by atoms with Crippen LogP contribution in [0.2, 0.25) is 0 Å². The predicted molar refractivity (Wildman–Crippen MR) is 91.1 cm³/mol. The summed E-state index contributed by atoms with van der Waals surface area (Å²) in [5.41, 5.74) is 3.28. The molecule has 0 radical (unpaired) electrons. The number of carboxylic acids is 1. The van der Waals surface area contributed by atoms with Crippen molar-refractivity contribution >= 4 is 5.97 Å². The Hall–Kier alpha value is -3.08. The fourth-order valence-corrected chi connectivity index (χ4v) is 2.79. The van der Waals surface area contributed by atoms with Gasteiger partial charge in [-0.25, -0.2) is 8.78 Å². The minimum atomic E-state index is -1.02. The molecule has 0 amide bonds. The van der Waals surface area contributed by atoms with Crippen LogP contribution in [0.4, 0.5) is 8.78 Å². The maximum atomic E-state index is 13.6. The molecule has 1 aromatic heterocycles. The predicted octanol–water partition coefficient (Wildman–Crippen LogP) is 4.63. The number of aryl methyl sites for hydroxylation is 1. The Kier molecular flexibility index (Phi) is 4.57. The van der Waals surface area contributed by atoms with Crippen molar-refractivity contribution in [3.8, 4) is 22.3 Å². The van der Waals surface area contributed by atoms with Crippen LogP contribution in [0.3, 0.4) is 0 Å². The second kappa shape index (κ2) is 6.81. The molecular weight excluding hydrogens is 324 g/mol.